The van der Waals surface area contributed by atoms with Crippen LogP contribution in [-0.4, -0.2) is 24.1 Å². The van der Waals surface area contributed by atoms with Crippen molar-refractivity contribution in [2.45, 2.75) is 0 Å². The smallest absolute Gasteiger partial charge is 0.193 e. The van der Waals surface area contributed by atoms with E-state index in [4.69, 9.17) is 0 Å². The van der Waals surface area contributed by atoms with Gasteiger partial charge in [0, 0.05) is 0 Å². The molecule has 3 rings (SSSR count). The summed E-state index contributed by atoms with van der Waals surface area (Å²) in [5.41, 5.74) is 0. The molecule has 0 aromatic carbocycles. The molecule has 3 aliphatic rings. The Morgan fingerprint density at radius 2 is 1.18 bits per heavy atom. The summed E-state index contributed by atoms with van der Waals surface area (Å²) in [6.07, 6.45) is 11.0. The second kappa shape index (κ2) is 7.36. The van der Waals surface area contributed by atoms with E-state index in [2.05, 4.69) is 18.6 Å². The highest BCUT2D eigenvalue weighted by atomic mass is 32.3. The van der Waals surface area contributed by atoms with Crippen molar-refractivity contribution in [1.29, 1.82) is 0 Å². The average Bonchev–Trinajstić information content (AvgIpc) is 3.13. The second-order valence-corrected chi connectivity index (χ2v) is 11.0. The van der Waals surface area contributed by atoms with Crippen molar-refractivity contribution in [2.24, 2.45) is 0 Å². The normalized spacial score (nSPS) is 21.2. The van der Waals surface area contributed by atoms with Gasteiger partial charge in [-0.1, -0.05) is 47.0 Å². The van der Waals surface area contributed by atoms with Crippen LogP contribution in [0.2, 0.25) is 0 Å². The van der Waals surface area contributed by atoms with Crippen LogP contribution in [0, 0.1) is 0 Å². The third kappa shape index (κ3) is 3.47. The molecule has 8 heteroatoms. The van der Waals surface area contributed by atoms with Gasteiger partial charge in [0.2, 0.25) is 0 Å². The first-order valence-corrected chi connectivity index (χ1v) is 11.8. The molecular formula is C14H10O2S6. The summed E-state index contributed by atoms with van der Waals surface area (Å²) >= 11 is 9.88. The number of allylic oxidation sites excluding steroid dienone is 6. The maximum Gasteiger partial charge on any atom is 0.193 e. The molecule has 0 atom stereocenters. The summed E-state index contributed by atoms with van der Waals surface area (Å²) in [6, 6.07) is 0. The van der Waals surface area contributed by atoms with Crippen molar-refractivity contribution in [3.63, 3.8) is 0 Å². The summed E-state index contributed by atoms with van der Waals surface area (Å²) in [4.78, 5) is 24.7. The number of ketones is 2. The summed E-state index contributed by atoms with van der Waals surface area (Å²) in [7, 11) is 0. The molecule has 0 saturated carbocycles. The fraction of sp³-hybridized carbons (Fsp3) is 0.143. The average molecular weight is 403 g/mol. The fourth-order valence-corrected chi connectivity index (χ4v) is 8.89. The predicted molar refractivity (Wildman–Crippen MR) is 107 cm³/mol. The highest BCUT2D eigenvalue weighted by Gasteiger charge is 2.31. The standard InChI is InChI=1S/C14H10O2S6/c1-17-13-14(18-2)22-10(21-13)6-5-9-19-11-7(15)3-4-8(16)12(11)20-9/h3-6H,1-2H3. The molecule has 0 aromatic heterocycles. The molecule has 0 spiro atoms. The quantitative estimate of drug-likeness (QED) is 0.580. The monoisotopic (exact) mass is 402 g/mol. The number of carbonyl (C=O) groups excluding carboxylic acids is 2. The Morgan fingerprint density at radius 3 is 1.59 bits per heavy atom. The molecule has 0 radical (unpaired) electrons. The van der Waals surface area contributed by atoms with Gasteiger partial charge in [-0.15, -0.1) is 23.5 Å². The van der Waals surface area contributed by atoms with E-state index in [9.17, 15) is 9.59 Å². The lowest BCUT2D eigenvalue weighted by Crippen LogP contribution is -2.07. The van der Waals surface area contributed by atoms with Crippen molar-refractivity contribution in [3.8, 4) is 0 Å². The second-order valence-electron chi connectivity index (χ2n) is 4.08. The lowest BCUT2D eigenvalue weighted by Gasteiger charge is -2.01. The zero-order chi connectivity index (χ0) is 15.7. The van der Waals surface area contributed by atoms with Crippen LogP contribution >= 0.6 is 70.6 Å². The number of hydrogen-bond donors (Lipinski definition) is 0. The van der Waals surface area contributed by atoms with E-state index in [-0.39, 0.29) is 11.6 Å². The van der Waals surface area contributed by atoms with Crippen LogP contribution in [0.5, 0.6) is 0 Å². The van der Waals surface area contributed by atoms with Gasteiger partial charge in [-0.05, 0) is 36.8 Å². The van der Waals surface area contributed by atoms with E-state index in [1.165, 1.54) is 48.4 Å². The van der Waals surface area contributed by atoms with Gasteiger partial charge >= 0.3 is 0 Å². The van der Waals surface area contributed by atoms with Gasteiger partial charge < -0.3 is 0 Å². The van der Waals surface area contributed by atoms with Crippen molar-refractivity contribution >= 4 is 82.1 Å². The van der Waals surface area contributed by atoms with E-state index in [1.54, 1.807) is 47.0 Å². The molecular weight excluding hydrogens is 393 g/mol. The first-order valence-electron chi connectivity index (χ1n) is 6.09. The minimum absolute atomic E-state index is 0.0659. The number of carbonyl (C=O) groups is 2. The predicted octanol–water partition coefficient (Wildman–Crippen LogP) is 5.40. The first-order chi connectivity index (χ1) is 10.6. The molecule has 0 unspecified atom stereocenters. The van der Waals surface area contributed by atoms with Crippen molar-refractivity contribution in [2.75, 3.05) is 12.5 Å². The van der Waals surface area contributed by atoms with Gasteiger partial charge in [-0.2, -0.15) is 0 Å². The highest BCUT2D eigenvalue weighted by molar-refractivity contribution is 8.40. The number of hydrogen-bond acceptors (Lipinski definition) is 8. The summed E-state index contributed by atoms with van der Waals surface area (Å²) < 4.78 is 4.87. The molecule has 114 valence electrons. The van der Waals surface area contributed by atoms with E-state index in [1.807, 2.05) is 6.08 Å². The Morgan fingerprint density at radius 1 is 0.773 bits per heavy atom. The molecule has 2 aliphatic heterocycles. The number of thioether (sulfide) groups is 6. The zero-order valence-electron chi connectivity index (χ0n) is 11.6. The third-order valence-corrected chi connectivity index (χ3v) is 10.4. The van der Waals surface area contributed by atoms with E-state index >= 15 is 0 Å². The molecule has 22 heavy (non-hydrogen) atoms. The molecule has 0 amide bonds. The van der Waals surface area contributed by atoms with Gasteiger partial charge in [0.15, 0.2) is 11.6 Å². The van der Waals surface area contributed by atoms with Crippen LogP contribution in [0.1, 0.15) is 0 Å². The highest BCUT2D eigenvalue weighted by Crippen LogP contribution is 2.57. The Labute approximate surface area is 154 Å². The Bertz CT molecular complexity index is 661. The minimum Gasteiger partial charge on any atom is -0.289 e. The summed E-state index contributed by atoms with van der Waals surface area (Å²) in [5.74, 6) is -0.132. The Hall–Kier alpha value is 0.140. The first kappa shape index (κ1) is 17.0. The molecule has 0 aromatic rings. The Balaban J connectivity index is 1.71. The van der Waals surface area contributed by atoms with Crippen LogP contribution in [0.3, 0.4) is 0 Å². The Kier molecular flexibility index (Phi) is 5.68. The summed E-state index contributed by atoms with van der Waals surface area (Å²) in [6.45, 7) is 0. The molecule has 2 nitrogen and oxygen atoms in total. The van der Waals surface area contributed by atoms with Gasteiger partial charge in [-0.25, -0.2) is 0 Å². The molecule has 0 N–H and O–H groups in total. The molecule has 0 bridgehead atoms. The van der Waals surface area contributed by atoms with Crippen molar-refractivity contribution in [3.05, 3.63) is 51.1 Å². The topological polar surface area (TPSA) is 34.1 Å². The lowest BCUT2D eigenvalue weighted by atomic mass is 10.2. The van der Waals surface area contributed by atoms with Crippen molar-refractivity contribution < 1.29 is 9.59 Å². The minimum atomic E-state index is -0.0659. The maximum absolute atomic E-state index is 11.8. The van der Waals surface area contributed by atoms with Gasteiger partial charge in [-0.3, -0.25) is 9.59 Å². The SMILES string of the molecule is CSC1=C(SC)SC(=CC=C2SC3=C(S2)C(=O)C=CC3=O)S1. The van der Waals surface area contributed by atoms with Crippen molar-refractivity contribution in [1.82, 2.24) is 0 Å². The van der Waals surface area contributed by atoms with Gasteiger partial charge in [0.25, 0.3) is 0 Å². The van der Waals surface area contributed by atoms with E-state index < -0.39 is 0 Å². The molecule has 1 aliphatic carbocycles. The van der Waals surface area contributed by atoms with E-state index in [0.29, 0.717) is 9.81 Å². The van der Waals surface area contributed by atoms with Crippen LogP contribution in [0.15, 0.2) is 51.1 Å². The lowest BCUT2D eigenvalue weighted by molar-refractivity contribution is -0.114. The molecule has 0 saturated heterocycles. The number of rotatable bonds is 3. The van der Waals surface area contributed by atoms with Crippen LogP contribution in [0.4, 0.5) is 0 Å². The zero-order valence-corrected chi connectivity index (χ0v) is 16.5. The van der Waals surface area contributed by atoms with Gasteiger partial charge in [0.05, 0.1) is 26.8 Å². The fourth-order valence-electron chi connectivity index (χ4n) is 1.75. The van der Waals surface area contributed by atoms with Crippen LogP contribution in [-0.2, 0) is 9.59 Å². The molecule has 0 fully saturated rings. The van der Waals surface area contributed by atoms with Crippen LogP contribution < -0.4 is 0 Å². The van der Waals surface area contributed by atoms with Crippen LogP contribution in [0.25, 0.3) is 0 Å². The third-order valence-electron chi connectivity index (χ3n) is 2.72. The largest absolute Gasteiger partial charge is 0.289 e. The van der Waals surface area contributed by atoms with Gasteiger partial charge in [0.1, 0.15) is 0 Å². The summed E-state index contributed by atoms with van der Waals surface area (Å²) in [5, 5.41) is 0. The maximum atomic E-state index is 11.8. The van der Waals surface area contributed by atoms with E-state index in [0.717, 1.165) is 4.24 Å². The molecule has 2 heterocycles.